The third kappa shape index (κ3) is 2.87. The Labute approximate surface area is 153 Å². The zero-order valence-electron chi connectivity index (χ0n) is 15.8. The summed E-state index contributed by atoms with van der Waals surface area (Å²) in [5.41, 5.74) is 3.89. The summed E-state index contributed by atoms with van der Waals surface area (Å²) in [5, 5.41) is 0. The van der Waals surface area contributed by atoms with Crippen LogP contribution >= 0.6 is 0 Å². The molecule has 26 heavy (non-hydrogen) atoms. The first-order chi connectivity index (χ1) is 12.5. The molecule has 0 saturated heterocycles. The maximum absolute atomic E-state index is 12.5. The smallest absolute Gasteiger partial charge is 0.220 e. The highest BCUT2D eigenvalue weighted by Crippen LogP contribution is 2.50. The lowest BCUT2D eigenvalue weighted by Crippen LogP contribution is -2.03. The molecule has 5 nitrogen and oxygen atoms in total. The van der Waals surface area contributed by atoms with Gasteiger partial charge in [0.2, 0.25) is 11.2 Å². The van der Waals surface area contributed by atoms with E-state index >= 15 is 0 Å². The van der Waals surface area contributed by atoms with E-state index in [4.69, 9.17) is 18.9 Å². The van der Waals surface area contributed by atoms with Gasteiger partial charge in [-0.25, -0.2) is 0 Å². The van der Waals surface area contributed by atoms with Crippen molar-refractivity contribution >= 4 is 0 Å². The van der Waals surface area contributed by atoms with Crippen LogP contribution in [0.5, 0.6) is 23.0 Å². The van der Waals surface area contributed by atoms with Crippen LogP contribution in [0, 0.1) is 0 Å². The fourth-order valence-corrected chi connectivity index (χ4v) is 3.66. The second kappa shape index (κ2) is 7.28. The molecule has 138 valence electrons. The van der Waals surface area contributed by atoms with Gasteiger partial charge in [0.05, 0.1) is 28.4 Å². The Kier molecular flexibility index (Phi) is 5.07. The number of ether oxygens (including phenoxy) is 4. The van der Waals surface area contributed by atoms with Gasteiger partial charge in [0, 0.05) is 5.56 Å². The minimum absolute atomic E-state index is 0.122. The molecule has 1 aliphatic carbocycles. The number of methoxy groups -OCH3 is 4. The van der Waals surface area contributed by atoms with Crippen LogP contribution in [0.1, 0.15) is 30.4 Å². The number of hydrogen-bond acceptors (Lipinski definition) is 5. The lowest BCUT2D eigenvalue weighted by atomic mass is 9.94. The Balaban J connectivity index is 2.43. The third-order valence-electron chi connectivity index (χ3n) is 5.02. The Hall–Kier alpha value is -2.69. The number of rotatable bonds is 4. The van der Waals surface area contributed by atoms with Crippen molar-refractivity contribution in [1.29, 1.82) is 0 Å². The zero-order valence-corrected chi connectivity index (χ0v) is 15.8. The van der Waals surface area contributed by atoms with Gasteiger partial charge in [-0.05, 0) is 53.6 Å². The molecule has 0 aromatic heterocycles. The predicted molar refractivity (Wildman–Crippen MR) is 101 cm³/mol. The van der Waals surface area contributed by atoms with Gasteiger partial charge in [-0.3, -0.25) is 4.79 Å². The van der Waals surface area contributed by atoms with Crippen LogP contribution in [0.3, 0.4) is 0 Å². The van der Waals surface area contributed by atoms with Crippen molar-refractivity contribution in [3.63, 3.8) is 0 Å². The highest BCUT2D eigenvalue weighted by atomic mass is 16.5. The van der Waals surface area contributed by atoms with E-state index in [0.29, 0.717) is 23.0 Å². The molecular formula is C21H24O5. The largest absolute Gasteiger partial charge is 0.493 e. The fourth-order valence-electron chi connectivity index (χ4n) is 3.66. The molecule has 0 fully saturated rings. The molecule has 5 heteroatoms. The summed E-state index contributed by atoms with van der Waals surface area (Å²) >= 11 is 0. The minimum Gasteiger partial charge on any atom is -0.493 e. The molecule has 1 aliphatic rings. The normalized spacial score (nSPS) is 15.3. The van der Waals surface area contributed by atoms with E-state index in [1.807, 2.05) is 12.1 Å². The first-order valence-corrected chi connectivity index (χ1v) is 8.60. The Bertz CT molecular complexity index is 888. The molecule has 3 rings (SSSR count). The average molecular weight is 356 g/mol. The van der Waals surface area contributed by atoms with Gasteiger partial charge < -0.3 is 18.9 Å². The van der Waals surface area contributed by atoms with E-state index in [1.54, 1.807) is 33.5 Å². The van der Waals surface area contributed by atoms with Crippen LogP contribution in [-0.4, -0.2) is 28.4 Å². The van der Waals surface area contributed by atoms with Crippen molar-refractivity contribution in [1.82, 2.24) is 0 Å². The lowest BCUT2D eigenvalue weighted by Gasteiger charge is -2.19. The fraction of sp³-hybridized carbons (Fsp3) is 0.381. The van der Waals surface area contributed by atoms with Gasteiger partial charge >= 0.3 is 0 Å². The molecule has 0 bridgehead atoms. The van der Waals surface area contributed by atoms with Gasteiger partial charge in [0.1, 0.15) is 0 Å². The van der Waals surface area contributed by atoms with E-state index < -0.39 is 0 Å². The molecule has 2 aromatic carbocycles. The van der Waals surface area contributed by atoms with Gasteiger partial charge in [0.15, 0.2) is 17.2 Å². The van der Waals surface area contributed by atoms with Crippen molar-refractivity contribution in [2.24, 2.45) is 0 Å². The van der Waals surface area contributed by atoms with E-state index in [2.05, 4.69) is 6.92 Å². The first-order valence-electron chi connectivity index (χ1n) is 8.60. The van der Waals surface area contributed by atoms with Gasteiger partial charge in [0.25, 0.3) is 0 Å². The SMILES string of the molecule is COc1cc2c(c(OC)c1OC)-c1ccc(OC)c(=O)cc1C(C)CC2. The Morgan fingerprint density at radius 1 is 0.885 bits per heavy atom. The molecule has 0 saturated carbocycles. The summed E-state index contributed by atoms with van der Waals surface area (Å²) < 4.78 is 22.0. The van der Waals surface area contributed by atoms with E-state index in [-0.39, 0.29) is 11.3 Å². The predicted octanol–water partition coefficient (Wildman–Crippen LogP) is 3.80. The van der Waals surface area contributed by atoms with Crippen LogP contribution in [-0.2, 0) is 6.42 Å². The molecule has 0 radical (unpaired) electrons. The molecule has 0 heterocycles. The highest BCUT2D eigenvalue weighted by molar-refractivity contribution is 5.82. The lowest BCUT2D eigenvalue weighted by molar-refractivity contribution is 0.324. The number of benzene rings is 1. The zero-order chi connectivity index (χ0) is 18.8. The average Bonchev–Trinajstić information content (AvgIpc) is 2.89. The second-order valence-electron chi connectivity index (χ2n) is 6.40. The Morgan fingerprint density at radius 2 is 1.58 bits per heavy atom. The summed E-state index contributed by atoms with van der Waals surface area (Å²) in [6.07, 6.45) is 1.78. The molecule has 1 unspecified atom stereocenters. The summed E-state index contributed by atoms with van der Waals surface area (Å²) in [4.78, 5) is 12.5. The summed E-state index contributed by atoms with van der Waals surface area (Å²) in [6, 6.07) is 7.34. The second-order valence-corrected chi connectivity index (χ2v) is 6.40. The number of hydrogen-bond donors (Lipinski definition) is 0. The number of aryl methyl sites for hydroxylation is 1. The van der Waals surface area contributed by atoms with Crippen molar-refractivity contribution < 1.29 is 18.9 Å². The molecular weight excluding hydrogens is 332 g/mol. The highest BCUT2D eigenvalue weighted by Gasteiger charge is 2.27. The van der Waals surface area contributed by atoms with Crippen molar-refractivity contribution in [3.8, 4) is 34.1 Å². The van der Waals surface area contributed by atoms with E-state index in [1.165, 1.54) is 7.11 Å². The first kappa shape index (κ1) is 18.1. The molecule has 0 spiro atoms. The van der Waals surface area contributed by atoms with Gasteiger partial charge in [-0.15, -0.1) is 0 Å². The van der Waals surface area contributed by atoms with Crippen molar-refractivity contribution in [2.45, 2.75) is 25.7 Å². The number of fused-ring (bicyclic) bond motifs is 3. The summed E-state index contributed by atoms with van der Waals surface area (Å²) in [6.45, 7) is 2.14. The summed E-state index contributed by atoms with van der Waals surface area (Å²) in [7, 11) is 6.34. The maximum Gasteiger partial charge on any atom is 0.220 e. The van der Waals surface area contributed by atoms with Gasteiger partial charge in [-0.1, -0.05) is 13.0 Å². The molecule has 2 aromatic rings. The van der Waals surface area contributed by atoms with E-state index in [9.17, 15) is 4.79 Å². The van der Waals surface area contributed by atoms with Crippen molar-refractivity contribution in [3.05, 3.63) is 45.6 Å². The van der Waals surface area contributed by atoms with Crippen LogP contribution in [0.4, 0.5) is 0 Å². The molecule has 0 aliphatic heterocycles. The molecule has 1 atom stereocenters. The van der Waals surface area contributed by atoms with Crippen LogP contribution in [0.2, 0.25) is 0 Å². The van der Waals surface area contributed by atoms with E-state index in [0.717, 1.165) is 35.1 Å². The monoisotopic (exact) mass is 356 g/mol. The van der Waals surface area contributed by atoms with Crippen LogP contribution in [0.15, 0.2) is 29.1 Å². The quantitative estimate of drug-likeness (QED) is 0.834. The molecule has 0 N–H and O–H groups in total. The Morgan fingerprint density at radius 3 is 2.19 bits per heavy atom. The summed E-state index contributed by atoms with van der Waals surface area (Å²) in [5.74, 6) is 2.36. The van der Waals surface area contributed by atoms with Crippen LogP contribution < -0.4 is 24.4 Å². The van der Waals surface area contributed by atoms with Crippen LogP contribution in [0.25, 0.3) is 11.1 Å². The topological polar surface area (TPSA) is 54.0 Å². The molecule has 0 amide bonds. The van der Waals surface area contributed by atoms with Crippen molar-refractivity contribution in [2.75, 3.05) is 28.4 Å². The standard InChI is InChI=1S/C21H24O5/c1-12-6-7-13-10-18(24-3)20(25-4)21(26-5)19(13)14-8-9-17(23-2)16(22)11-15(12)14/h8-12H,6-7H2,1-5H3. The third-order valence-corrected chi connectivity index (χ3v) is 5.02. The maximum atomic E-state index is 12.5. The minimum atomic E-state index is -0.122. The van der Waals surface area contributed by atoms with Gasteiger partial charge in [-0.2, -0.15) is 0 Å².